The fourth-order valence-corrected chi connectivity index (χ4v) is 3.81. The van der Waals surface area contributed by atoms with E-state index in [2.05, 4.69) is 73.3 Å². The van der Waals surface area contributed by atoms with E-state index in [1.165, 1.54) is 16.3 Å². The number of pyridine rings is 1. The van der Waals surface area contributed by atoms with Crippen LogP contribution in [0.15, 0.2) is 58.2 Å². The van der Waals surface area contributed by atoms with Crippen molar-refractivity contribution in [3.63, 3.8) is 0 Å². The molecule has 2 heterocycles. The highest BCUT2D eigenvalue weighted by molar-refractivity contribution is 9.10. The van der Waals surface area contributed by atoms with E-state index in [-0.39, 0.29) is 0 Å². The smallest absolute Gasteiger partial charge is 0.178 e. The lowest BCUT2D eigenvalue weighted by atomic mass is 10.1. The van der Waals surface area contributed by atoms with Crippen molar-refractivity contribution in [3.8, 4) is 0 Å². The SMILES string of the molecule is Cc1nc2nc(SCc3cccc4ccccc34)[nH]c2cc1Br. The lowest BCUT2D eigenvalue weighted by Crippen LogP contribution is -1.85. The number of rotatable bonds is 3. The average Bonchev–Trinajstić information content (AvgIpc) is 2.95. The molecule has 2 aromatic heterocycles. The van der Waals surface area contributed by atoms with Crippen molar-refractivity contribution in [3.05, 3.63) is 64.3 Å². The van der Waals surface area contributed by atoms with Crippen LogP contribution in [0.3, 0.4) is 0 Å². The van der Waals surface area contributed by atoms with Crippen molar-refractivity contribution in [1.29, 1.82) is 0 Å². The van der Waals surface area contributed by atoms with Crippen molar-refractivity contribution in [1.82, 2.24) is 15.0 Å². The number of aromatic nitrogens is 3. The number of halogens is 1. The number of hydrogen-bond acceptors (Lipinski definition) is 3. The van der Waals surface area contributed by atoms with Gasteiger partial charge in [0.05, 0.1) is 11.2 Å². The van der Waals surface area contributed by atoms with Crippen LogP contribution in [0, 0.1) is 6.92 Å². The number of imidazole rings is 1. The predicted molar refractivity (Wildman–Crippen MR) is 99.8 cm³/mol. The summed E-state index contributed by atoms with van der Waals surface area (Å²) in [5, 5.41) is 3.48. The first kappa shape index (κ1) is 14.7. The Labute approximate surface area is 146 Å². The van der Waals surface area contributed by atoms with Crippen LogP contribution >= 0.6 is 27.7 Å². The molecule has 0 unspecified atom stereocenters. The van der Waals surface area contributed by atoms with E-state index in [4.69, 9.17) is 0 Å². The molecule has 2 aromatic carbocycles. The van der Waals surface area contributed by atoms with E-state index in [0.717, 1.165) is 32.2 Å². The Kier molecular flexibility index (Phi) is 3.83. The molecular weight excluding hydrogens is 370 g/mol. The van der Waals surface area contributed by atoms with Gasteiger partial charge in [-0.25, -0.2) is 9.97 Å². The van der Waals surface area contributed by atoms with Crippen LogP contribution in [0.1, 0.15) is 11.3 Å². The highest BCUT2D eigenvalue weighted by Gasteiger charge is 2.08. The second kappa shape index (κ2) is 5.98. The quantitative estimate of drug-likeness (QED) is 0.476. The maximum Gasteiger partial charge on any atom is 0.178 e. The van der Waals surface area contributed by atoms with E-state index < -0.39 is 0 Å². The first-order chi connectivity index (χ1) is 11.2. The number of fused-ring (bicyclic) bond motifs is 2. The van der Waals surface area contributed by atoms with Crippen molar-refractivity contribution in [2.24, 2.45) is 0 Å². The zero-order chi connectivity index (χ0) is 15.8. The maximum atomic E-state index is 4.59. The van der Waals surface area contributed by atoms with Gasteiger partial charge in [0.15, 0.2) is 10.8 Å². The Bertz CT molecular complexity index is 965. The third-order valence-electron chi connectivity index (χ3n) is 3.82. The summed E-state index contributed by atoms with van der Waals surface area (Å²) in [5.74, 6) is 0.876. The molecule has 114 valence electrons. The molecule has 0 spiro atoms. The zero-order valence-corrected chi connectivity index (χ0v) is 14.9. The summed E-state index contributed by atoms with van der Waals surface area (Å²) in [6, 6.07) is 16.9. The standard InChI is InChI=1S/C18H14BrN3S/c1-11-15(19)9-16-17(20-11)22-18(21-16)23-10-13-7-4-6-12-5-2-3-8-14(12)13/h2-9H,10H2,1H3,(H,20,21,22). The van der Waals surface area contributed by atoms with E-state index in [9.17, 15) is 0 Å². The van der Waals surface area contributed by atoms with Crippen LogP contribution in [-0.2, 0) is 5.75 Å². The van der Waals surface area contributed by atoms with Gasteiger partial charge in [-0.05, 0) is 45.3 Å². The first-order valence-electron chi connectivity index (χ1n) is 7.33. The van der Waals surface area contributed by atoms with Gasteiger partial charge in [-0.1, -0.05) is 54.2 Å². The maximum absolute atomic E-state index is 4.59. The summed E-state index contributed by atoms with van der Waals surface area (Å²) in [5.41, 5.74) is 4.00. The number of benzene rings is 2. The molecule has 0 aliphatic heterocycles. The molecule has 0 atom stereocenters. The Balaban J connectivity index is 1.63. The van der Waals surface area contributed by atoms with Crippen LogP contribution in [0.5, 0.6) is 0 Å². The average molecular weight is 384 g/mol. The number of hydrogen-bond donors (Lipinski definition) is 1. The second-order valence-corrected chi connectivity index (χ2v) is 7.21. The number of thioether (sulfide) groups is 1. The largest absolute Gasteiger partial charge is 0.331 e. The Morgan fingerprint density at radius 3 is 2.83 bits per heavy atom. The summed E-state index contributed by atoms with van der Waals surface area (Å²) in [6.45, 7) is 1.97. The van der Waals surface area contributed by atoms with Gasteiger partial charge in [-0.2, -0.15) is 0 Å². The van der Waals surface area contributed by atoms with Crippen LogP contribution < -0.4 is 0 Å². The summed E-state index contributed by atoms with van der Waals surface area (Å²) < 4.78 is 0.999. The number of nitrogens with zero attached hydrogens (tertiary/aromatic N) is 2. The Morgan fingerprint density at radius 1 is 1.09 bits per heavy atom. The van der Waals surface area contributed by atoms with Gasteiger partial charge in [-0.3, -0.25) is 0 Å². The summed E-state index contributed by atoms with van der Waals surface area (Å²) >= 11 is 5.22. The normalized spacial score (nSPS) is 11.4. The summed E-state index contributed by atoms with van der Waals surface area (Å²) in [4.78, 5) is 12.4. The van der Waals surface area contributed by atoms with Crippen molar-refractivity contribution < 1.29 is 0 Å². The van der Waals surface area contributed by atoms with Crippen molar-refractivity contribution in [2.75, 3.05) is 0 Å². The molecule has 0 fully saturated rings. The third-order valence-corrected chi connectivity index (χ3v) is 5.55. The van der Waals surface area contributed by atoms with E-state index in [0.29, 0.717) is 0 Å². The molecule has 0 saturated carbocycles. The number of H-pyrrole nitrogens is 1. The van der Waals surface area contributed by atoms with Crippen LogP contribution in [0.4, 0.5) is 0 Å². The van der Waals surface area contributed by atoms with Crippen LogP contribution in [0.25, 0.3) is 21.9 Å². The second-order valence-electron chi connectivity index (χ2n) is 5.40. The van der Waals surface area contributed by atoms with E-state index in [1.54, 1.807) is 11.8 Å². The van der Waals surface area contributed by atoms with E-state index >= 15 is 0 Å². The summed E-state index contributed by atoms with van der Waals surface area (Å²) in [7, 11) is 0. The fraction of sp³-hybridized carbons (Fsp3) is 0.111. The van der Waals surface area contributed by atoms with Gasteiger partial charge in [0, 0.05) is 10.2 Å². The minimum atomic E-state index is 0.770. The monoisotopic (exact) mass is 383 g/mol. The Morgan fingerprint density at radius 2 is 1.91 bits per heavy atom. The van der Waals surface area contributed by atoms with Gasteiger partial charge in [-0.15, -0.1) is 0 Å². The fourth-order valence-electron chi connectivity index (χ4n) is 2.62. The van der Waals surface area contributed by atoms with Gasteiger partial charge < -0.3 is 4.98 Å². The third kappa shape index (κ3) is 2.86. The molecule has 4 rings (SSSR count). The molecule has 0 aliphatic rings. The van der Waals surface area contributed by atoms with Crippen molar-refractivity contribution in [2.45, 2.75) is 17.8 Å². The molecule has 0 aliphatic carbocycles. The highest BCUT2D eigenvalue weighted by atomic mass is 79.9. The minimum absolute atomic E-state index is 0.770. The lowest BCUT2D eigenvalue weighted by molar-refractivity contribution is 1.07. The lowest BCUT2D eigenvalue weighted by Gasteiger charge is -2.04. The van der Waals surface area contributed by atoms with Crippen LogP contribution in [-0.4, -0.2) is 15.0 Å². The Hall–Kier alpha value is -1.85. The molecule has 0 radical (unpaired) electrons. The molecule has 0 saturated heterocycles. The van der Waals surface area contributed by atoms with Gasteiger partial charge in [0.2, 0.25) is 0 Å². The molecule has 5 heteroatoms. The minimum Gasteiger partial charge on any atom is -0.331 e. The number of nitrogens with one attached hydrogen (secondary N) is 1. The molecule has 1 N–H and O–H groups in total. The zero-order valence-electron chi connectivity index (χ0n) is 12.5. The number of aromatic amines is 1. The topological polar surface area (TPSA) is 41.6 Å². The first-order valence-corrected chi connectivity index (χ1v) is 9.11. The highest BCUT2D eigenvalue weighted by Crippen LogP contribution is 2.28. The molecule has 0 amide bonds. The molecular formula is C18H14BrN3S. The van der Waals surface area contributed by atoms with Gasteiger partial charge >= 0.3 is 0 Å². The molecule has 3 nitrogen and oxygen atoms in total. The van der Waals surface area contributed by atoms with Gasteiger partial charge in [0.25, 0.3) is 0 Å². The predicted octanol–water partition coefficient (Wildman–Crippen LogP) is 5.47. The van der Waals surface area contributed by atoms with Gasteiger partial charge in [0.1, 0.15) is 0 Å². The van der Waals surface area contributed by atoms with E-state index in [1.807, 2.05) is 13.0 Å². The molecule has 0 bridgehead atoms. The molecule has 4 aromatic rings. The van der Waals surface area contributed by atoms with Crippen molar-refractivity contribution >= 4 is 49.6 Å². The number of aryl methyl sites for hydroxylation is 1. The summed E-state index contributed by atoms with van der Waals surface area (Å²) in [6.07, 6.45) is 0. The van der Waals surface area contributed by atoms with Crippen LogP contribution in [0.2, 0.25) is 0 Å². The molecule has 23 heavy (non-hydrogen) atoms.